The average molecular weight is 532 g/mol. The van der Waals surface area contributed by atoms with Crippen LogP contribution in [0.25, 0.3) is 4.85 Å². The van der Waals surface area contributed by atoms with Gasteiger partial charge in [0.25, 0.3) is 11.9 Å². The molecule has 0 fully saturated rings. The molecule has 0 unspecified atom stereocenters. The highest BCUT2D eigenvalue weighted by Gasteiger charge is 2.38. The van der Waals surface area contributed by atoms with Crippen LogP contribution in [0.2, 0.25) is 0 Å². The van der Waals surface area contributed by atoms with E-state index in [2.05, 4.69) is 20.2 Å². The first-order valence-corrected chi connectivity index (χ1v) is 12.0. The molecular weight excluding hydrogens is 515 g/mol. The predicted octanol–water partition coefficient (Wildman–Crippen LogP) is 6.37. The summed E-state index contributed by atoms with van der Waals surface area (Å²) >= 11 is 1.23. The van der Waals surface area contributed by atoms with Crippen molar-refractivity contribution in [3.63, 3.8) is 0 Å². The number of carbonyl (C=O) groups excluding carboxylic acids is 1. The van der Waals surface area contributed by atoms with Gasteiger partial charge in [-0.15, -0.1) is 16.4 Å². The molecule has 188 valence electrons. The van der Waals surface area contributed by atoms with E-state index in [1.807, 2.05) is 6.07 Å². The number of carbonyl (C=O) groups is 1. The van der Waals surface area contributed by atoms with Gasteiger partial charge in [-0.25, -0.2) is 9.53 Å². The molecule has 0 radical (unpaired) electrons. The van der Waals surface area contributed by atoms with E-state index in [4.69, 9.17) is 6.57 Å². The first-order chi connectivity index (χ1) is 18.2. The fourth-order valence-electron chi connectivity index (χ4n) is 4.15. The Morgan fingerprint density at radius 2 is 1.95 bits per heavy atom. The Kier molecular flexibility index (Phi) is 6.18. The topological polar surface area (TPSA) is 91.2 Å². The molecule has 2 aromatic carbocycles. The summed E-state index contributed by atoms with van der Waals surface area (Å²) < 4.78 is 41.9. The predicted molar refractivity (Wildman–Crippen MR) is 134 cm³/mol. The fourth-order valence-corrected chi connectivity index (χ4v) is 4.77. The molecule has 1 N–H and O–H groups in total. The smallest absolute Gasteiger partial charge is 0.294 e. The lowest BCUT2D eigenvalue weighted by atomic mass is 9.99. The van der Waals surface area contributed by atoms with Crippen molar-refractivity contribution in [1.82, 2.24) is 14.8 Å². The van der Waals surface area contributed by atoms with Gasteiger partial charge in [0.15, 0.2) is 0 Å². The molecule has 8 nitrogen and oxygen atoms in total. The summed E-state index contributed by atoms with van der Waals surface area (Å²) in [6.07, 6.45) is -4.58. The summed E-state index contributed by atoms with van der Waals surface area (Å²) in [6, 6.07) is 15.8. The number of hydrogen-bond donors (Lipinski definition) is 1. The number of thiophene rings is 1. The standard InChI is InChI=1S/C26H16F3N7OS/c1-15-21(31-2)22(17-10-8-16(14-30)9-11-17)36-25(33-24(34-36)32-23(37)20-7-4-12-38-20)35(15)19-6-3-5-18(13-19)26(27,28)29/h3-13,22H,1H3,(H,32,34,37)/t22-/m1/s1. The van der Waals surface area contributed by atoms with Crippen molar-refractivity contribution in [2.45, 2.75) is 19.1 Å². The minimum absolute atomic E-state index is 0.0759. The summed E-state index contributed by atoms with van der Waals surface area (Å²) in [5, 5.41) is 18.0. The Morgan fingerprint density at radius 1 is 1.18 bits per heavy atom. The van der Waals surface area contributed by atoms with Crippen LogP contribution < -0.4 is 10.2 Å². The quantitative estimate of drug-likeness (QED) is 0.309. The molecule has 0 saturated carbocycles. The van der Waals surface area contributed by atoms with Crippen molar-refractivity contribution in [2.24, 2.45) is 0 Å². The van der Waals surface area contributed by atoms with Crippen LogP contribution >= 0.6 is 11.3 Å². The molecule has 1 amide bonds. The number of amides is 1. The largest absolute Gasteiger partial charge is 0.416 e. The summed E-state index contributed by atoms with van der Waals surface area (Å²) in [5.41, 5.74) is 0.842. The molecule has 38 heavy (non-hydrogen) atoms. The summed E-state index contributed by atoms with van der Waals surface area (Å²) in [5.74, 6) is -0.406. The number of allylic oxidation sites excluding steroid dienone is 2. The van der Waals surface area contributed by atoms with E-state index in [9.17, 15) is 23.2 Å². The molecule has 0 bridgehead atoms. The second-order valence-electron chi connectivity index (χ2n) is 8.21. The third-order valence-electron chi connectivity index (χ3n) is 5.90. The van der Waals surface area contributed by atoms with Crippen LogP contribution in [0.5, 0.6) is 0 Å². The van der Waals surface area contributed by atoms with Crippen LogP contribution in [0.4, 0.5) is 30.8 Å². The maximum Gasteiger partial charge on any atom is 0.416 e. The minimum atomic E-state index is -4.58. The lowest BCUT2D eigenvalue weighted by Gasteiger charge is -2.34. The maximum atomic E-state index is 13.5. The van der Waals surface area contributed by atoms with Gasteiger partial charge in [-0.1, -0.05) is 24.3 Å². The van der Waals surface area contributed by atoms with E-state index >= 15 is 0 Å². The normalized spacial score (nSPS) is 15.0. The van der Waals surface area contributed by atoms with Gasteiger partial charge >= 0.3 is 6.18 Å². The molecule has 1 aliphatic rings. The highest BCUT2D eigenvalue weighted by Crippen LogP contribution is 2.44. The summed E-state index contributed by atoms with van der Waals surface area (Å²) in [7, 11) is 0. The van der Waals surface area contributed by atoms with Crippen molar-refractivity contribution in [2.75, 3.05) is 10.2 Å². The van der Waals surface area contributed by atoms with Gasteiger partial charge in [0.2, 0.25) is 11.6 Å². The molecule has 3 heterocycles. The number of nitriles is 1. The number of alkyl halides is 3. The van der Waals surface area contributed by atoms with E-state index < -0.39 is 23.7 Å². The van der Waals surface area contributed by atoms with Crippen LogP contribution in [0.1, 0.15) is 39.3 Å². The zero-order valence-corrected chi connectivity index (χ0v) is 20.4. The van der Waals surface area contributed by atoms with Crippen molar-refractivity contribution in [3.05, 3.63) is 110 Å². The van der Waals surface area contributed by atoms with Crippen molar-refractivity contribution in [1.29, 1.82) is 5.26 Å². The van der Waals surface area contributed by atoms with Crippen LogP contribution in [0.15, 0.2) is 77.4 Å². The van der Waals surface area contributed by atoms with Crippen LogP contribution in [-0.4, -0.2) is 20.7 Å². The number of benzene rings is 2. The van der Waals surface area contributed by atoms with Crippen LogP contribution in [0, 0.1) is 17.9 Å². The van der Waals surface area contributed by atoms with E-state index in [0.29, 0.717) is 21.7 Å². The van der Waals surface area contributed by atoms with E-state index in [0.717, 1.165) is 12.1 Å². The second-order valence-corrected chi connectivity index (χ2v) is 9.16. The number of hydrogen-bond acceptors (Lipinski definition) is 6. The Balaban J connectivity index is 1.68. The number of rotatable bonds is 4. The van der Waals surface area contributed by atoms with Crippen LogP contribution in [0.3, 0.4) is 0 Å². The minimum Gasteiger partial charge on any atom is -0.294 e. The Bertz CT molecular complexity index is 1640. The third-order valence-corrected chi connectivity index (χ3v) is 6.77. The summed E-state index contributed by atoms with van der Waals surface area (Å²) in [4.78, 5) is 22.7. The highest BCUT2D eigenvalue weighted by molar-refractivity contribution is 7.12. The number of nitrogens with zero attached hydrogens (tertiary/aromatic N) is 6. The molecular formula is C26H16F3N7OS. The molecule has 0 aliphatic carbocycles. The van der Waals surface area contributed by atoms with E-state index in [1.54, 1.807) is 48.7 Å². The van der Waals surface area contributed by atoms with Gasteiger partial charge < -0.3 is 0 Å². The molecule has 0 spiro atoms. The third kappa shape index (κ3) is 4.38. The Hall–Kier alpha value is -4.94. The number of anilines is 3. The van der Waals surface area contributed by atoms with Crippen molar-refractivity contribution >= 4 is 34.8 Å². The fraction of sp³-hybridized carbons (Fsp3) is 0.115. The monoisotopic (exact) mass is 531 g/mol. The highest BCUT2D eigenvalue weighted by atomic mass is 32.1. The lowest BCUT2D eigenvalue weighted by Crippen LogP contribution is -2.30. The Morgan fingerprint density at radius 3 is 2.58 bits per heavy atom. The zero-order chi connectivity index (χ0) is 27.0. The Labute approximate surface area is 218 Å². The zero-order valence-electron chi connectivity index (χ0n) is 19.6. The van der Waals surface area contributed by atoms with E-state index in [1.165, 1.54) is 33.1 Å². The number of halogens is 3. The SMILES string of the molecule is [C-]#[N+]C1=C(C)N(c2cccc(C(F)(F)F)c2)c2nc(NC(=O)c3cccs3)nn2[C@@H]1c1ccc(C#N)cc1. The molecule has 0 saturated heterocycles. The maximum absolute atomic E-state index is 13.5. The van der Waals surface area contributed by atoms with Gasteiger partial charge in [0, 0.05) is 11.4 Å². The van der Waals surface area contributed by atoms with Gasteiger partial charge in [-0.05, 0) is 54.3 Å². The van der Waals surface area contributed by atoms with Gasteiger partial charge in [-0.2, -0.15) is 23.4 Å². The number of fused-ring (bicyclic) bond motifs is 1. The molecule has 1 aliphatic heterocycles. The molecule has 12 heteroatoms. The second kappa shape index (κ2) is 9.50. The summed E-state index contributed by atoms with van der Waals surface area (Å²) in [6.45, 7) is 9.53. The lowest BCUT2D eigenvalue weighted by molar-refractivity contribution is -0.137. The molecule has 4 aromatic rings. The first kappa shape index (κ1) is 24.7. The van der Waals surface area contributed by atoms with Gasteiger partial charge in [0.05, 0.1) is 28.6 Å². The molecule has 2 aromatic heterocycles. The average Bonchev–Trinajstić information content (AvgIpc) is 3.58. The van der Waals surface area contributed by atoms with E-state index in [-0.39, 0.29) is 23.3 Å². The van der Waals surface area contributed by atoms with Gasteiger partial charge in [0.1, 0.15) is 6.04 Å². The first-order valence-electron chi connectivity index (χ1n) is 11.1. The van der Waals surface area contributed by atoms with Crippen molar-refractivity contribution < 1.29 is 18.0 Å². The van der Waals surface area contributed by atoms with Crippen LogP contribution in [-0.2, 0) is 6.18 Å². The van der Waals surface area contributed by atoms with Gasteiger partial charge in [-0.3, -0.25) is 15.0 Å². The number of aromatic nitrogens is 3. The number of nitrogens with one attached hydrogen (secondary N) is 1. The molecule has 5 rings (SSSR count). The molecule has 1 atom stereocenters. The van der Waals surface area contributed by atoms with Crippen molar-refractivity contribution in [3.8, 4) is 6.07 Å².